The lowest BCUT2D eigenvalue weighted by Gasteiger charge is -2.23. The Hall–Kier alpha value is -0.750. The van der Waals surface area contributed by atoms with E-state index >= 15 is 0 Å². The molecule has 0 aliphatic rings. The summed E-state index contributed by atoms with van der Waals surface area (Å²) in [4.78, 5) is 11.5. The van der Waals surface area contributed by atoms with Gasteiger partial charge in [-0.1, -0.05) is 13.8 Å². The highest BCUT2D eigenvalue weighted by Crippen LogP contribution is 2.10. The number of alkyl carbamates (subject to hydrolysis) is 1. The molecular weight excluding hydrogens is 278 g/mol. The van der Waals surface area contributed by atoms with E-state index in [1.165, 1.54) is 6.08 Å². The average molecular weight is 298 g/mol. The average Bonchev–Trinajstić information content (AvgIpc) is 2.06. The van der Waals surface area contributed by atoms with Crippen LogP contribution in [0.1, 0.15) is 34.6 Å². The molecule has 0 aliphatic carbocycles. The van der Waals surface area contributed by atoms with Gasteiger partial charge in [0.15, 0.2) is 0 Å². The van der Waals surface area contributed by atoms with Crippen molar-refractivity contribution < 1.29 is 17.9 Å². The molecule has 0 aromatic carbocycles. The van der Waals surface area contributed by atoms with Crippen molar-refractivity contribution in [1.82, 2.24) is 5.32 Å². The van der Waals surface area contributed by atoms with Gasteiger partial charge in [0.1, 0.15) is 5.60 Å². The van der Waals surface area contributed by atoms with Crippen LogP contribution in [0.4, 0.5) is 4.79 Å². The summed E-state index contributed by atoms with van der Waals surface area (Å²) in [5.74, 6) is 0.00665. The molecule has 7 heteroatoms. The molecule has 0 aromatic rings. The quantitative estimate of drug-likeness (QED) is 0.810. The first kappa shape index (κ1) is 17.2. The summed E-state index contributed by atoms with van der Waals surface area (Å²) >= 11 is 0. The number of nitrogens with one attached hydrogen (secondary N) is 1. The summed E-state index contributed by atoms with van der Waals surface area (Å²) in [5.41, 5.74) is -0.603. The third kappa shape index (κ3) is 9.30. The summed E-state index contributed by atoms with van der Waals surface area (Å²) < 4.78 is 26.7. The van der Waals surface area contributed by atoms with Gasteiger partial charge in [0.25, 0.3) is 9.05 Å². The van der Waals surface area contributed by atoms with E-state index in [1.807, 2.05) is 13.8 Å². The third-order valence-corrected chi connectivity index (χ3v) is 2.64. The van der Waals surface area contributed by atoms with Gasteiger partial charge in [0.05, 0.1) is 6.04 Å². The Bertz CT molecular complexity index is 409. The fraction of sp³-hybridized carbons (Fsp3) is 0.727. The van der Waals surface area contributed by atoms with Gasteiger partial charge in [0, 0.05) is 16.1 Å². The van der Waals surface area contributed by atoms with Crippen LogP contribution in [-0.4, -0.2) is 26.2 Å². The van der Waals surface area contributed by atoms with Crippen molar-refractivity contribution in [3.63, 3.8) is 0 Å². The van der Waals surface area contributed by atoms with Gasteiger partial charge in [-0.3, -0.25) is 0 Å². The fourth-order valence-corrected chi connectivity index (χ4v) is 1.59. The molecule has 0 saturated heterocycles. The highest BCUT2D eigenvalue weighted by molar-refractivity contribution is 8.16. The molecule has 0 aromatic heterocycles. The normalized spacial score (nSPS) is 14.8. The maximum atomic E-state index is 11.5. The second-order valence-corrected chi connectivity index (χ2v) is 7.73. The van der Waals surface area contributed by atoms with E-state index in [0.29, 0.717) is 0 Å². The molecule has 0 radical (unpaired) electrons. The van der Waals surface area contributed by atoms with E-state index < -0.39 is 26.8 Å². The summed E-state index contributed by atoms with van der Waals surface area (Å²) in [7, 11) is 1.34. The SMILES string of the molecule is CC(C)C(/C=C/S(=O)(=O)Cl)NC(=O)OC(C)(C)C. The minimum atomic E-state index is -3.72. The van der Waals surface area contributed by atoms with Crippen LogP contribution in [0.3, 0.4) is 0 Å². The van der Waals surface area contributed by atoms with Gasteiger partial charge < -0.3 is 10.1 Å². The highest BCUT2D eigenvalue weighted by Gasteiger charge is 2.20. The largest absolute Gasteiger partial charge is 0.444 e. The van der Waals surface area contributed by atoms with Crippen LogP contribution in [0, 0.1) is 5.92 Å². The maximum Gasteiger partial charge on any atom is 0.408 e. The summed E-state index contributed by atoms with van der Waals surface area (Å²) in [6.07, 6.45) is 0.731. The minimum Gasteiger partial charge on any atom is -0.444 e. The number of rotatable bonds is 4. The summed E-state index contributed by atoms with van der Waals surface area (Å²) in [6.45, 7) is 8.92. The van der Waals surface area contributed by atoms with Crippen LogP contribution < -0.4 is 5.32 Å². The zero-order valence-electron chi connectivity index (χ0n) is 11.2. The molecule has 18 heavy (non-hydrogen) atoms. The van der Waals surface area contributed by atoms with Gasteiger partial charge in [0.2, 0.25) is 0 Å². The first-order valence-corrected chi connectivity index (χ1v) is 7.90. The standard InChI is InChI=1S/C11H20ClNO4S/c1-8(2)9(6-7-18(12,15)16)13-10(14)17-11(3,4)5/h6-9H,1-5H3,(H,13,14)/b7-6+. The van der Waals surface area contributed by atoms with Gasteiger partial charge >= 0.3 is 6.09 Å². The molecule has 1 N–H and O–H groups in total. The van der Waals surface area contributed by atoms with Gasteiger partial charge in [-0.05, 0) is 32.8 Å². The van der Waals surface area contributed by atoms with E-state index in [0.717, 1.165) is 5.41 Å². The molecule has 0 heterocycles. The van der Waals surface area contributed by atoms with Crippen molar-refractivity contribution in [3.05, 3.63) is 11.5 Å². The number of ether oxygens (including phenoxy) is 1. The van der Waals surface area contributed by atoms with Gasteiger partial charge in [-0.15, -0.1) is 0 Å². The molecule has 1 amide bonds. The number of hydrogen-bond donors (Lipinski definition) is 1. The molecule has 1 unspecified atom stereocenters. The van der Waals surface area contributed by atoms with Crippen molar-refractivity contribution >= 4 is 25.8 Å². The van der Waals surface area contributed by atoms with Crippen LogP contribution in [0.15, 0.2) is 11.5 Å². The second-order valence-electron chi connectivity index (χ2n) is 5.22. The number of amides is 1. The zero-order valence-corrected chi connectivity index (χ0v) is 12.8. The topological polar surface area (TPSA) is 72.5 Å². The smallest absolute Gasteiger partial charge is 0.408 e. The van der Waals surface area contributed by atoms with Crippen molar-refractivity contribution in [2.45, 2.75) is 46.3 Å². The summed E-state index contributed by atoms with van der Waals surface area (Å²) in [6, 6.07) is -0.464. The van der Waals surface area contributed by atoms with Crippen molar-refractivity contribution in [3.8, 4) is 0 Å². The molecule has 0 rings (SSSR count). The number of carbonyl (C=O) groups excluding carboxylic acids is 1. The number of halogens is 1. The highest BCUT2D eigenvalue weighted by atomic mass is 35.7. The van der Waals surface area contributed by atoms with Crippen LogP contribution >= 0.6 is 10.7 Å². The predicted molar refractivity (Wildman–Crippen MR) is 71.9 cm³/mol. The second kappa shape index (κ2) is 6.43. The van der Waals surface area contributed by atoms with Crippen molar-refractivity contribution in [2.75, 3.05) is 0 Å². The molecule has 0 aliphatic heterocycles. The first-order valence-electron chi connectivity index (χ1n) is 5.53. The number of hydrogen-bond acceptors (Lipinski definition) is 4. The molecule has 0 fully saturated rings. The predicted octanol–water partition coefficient (Wildman–Crippen LogP) is 2.62. The van der Waals surface area contributed by atoms with E-state index in [1.54, 1.807) is 20.8 Å². The molecule has 0 spiro atoms. The van der Waals surface area contributed by atoms with Crippen LogP contribution in [-0.2, 0) is 13.8 Å². The van der Waals surface area contributed by atoms with Crippen molar-refractivity contribution in [2.24, 2.45) is 5.92 Å². The molecule has 1 atom stereocenters. The van der Waals surface area contributed by atoms with Crippen molar-refractivity contribution in [1.29, 1.82) is 0 Å². The minimum absolute atomic E-state index is 0.00665. The fourth-order valence-electron chi connectivity index (χ4n) is 1.06. The van der Waals surface area contributed by atoms with E-state index in [4.69, 9.17) is 15.4 Å². The Labute approximate surface area is 113 Å². The van der Waals surface area contributed by atoms with Gasteiger partial charge in [-0.2, -0.15) is 0 Å². The lowest BCUT2D eigenvalue weighted by molar-refractivity contribution is 0.0504. The molecule has 0 saturated carbocycles. The molecule has 5 nitrogen and oxygen atoms in total. The number of carbonyl (C=O) groups is 1. The molecule has 0 bridgehead atoms. The lowest BCUT2D eigenvalue weighted by Crippen LogP contribution is -2.40. The zero-order chi connectivity index (χ0) is 14.6. The van der Waals surface area contributed by atoms with E-state index in [9.17, 15) is 13.2 Å². The van der Waals surface area contributed by atoms with Crippen LogP contribution in [0.5, 0.6) is 0 Å². The van der Waals surface area contributed by atoms with E-state index in [-0.39, 0.29) is 5.92 Å². The lowest BCUT2D eigenvalue weighted by atomic mass is 10.1. The van der Waals surface area contributed by atoms with Crippen LogP contribution in [0.2, 0.25) is 0 Å². The summed E-state index contributed by atoms with van der Waals surface area (Å²) in [5, 5.41) is 3.43. The van der Waals surface area contributed by atoms with Crippen LogP contribution in [0.25, 0.3) is 0 Å². The third-order valence-electron chi connectivity index (χ3n) is 1.85. The Morgan fingerprint density at radius 1 is 1.33 bits per heavy atom. The van der Waals surface area contributed by atoms with E-state index in [2.05, 4.69) is 5.32 Å². The Kier molecular flexibility index (Phi) is 6.16. The molecular formula is C11H20ClNO4S. The van der Waals surface area contributed by atoms with Gasteiger partial charge in [-0.25, -0.2) is 13.2 Å². The Morgan fingerprint density at radius 3 is 2.17 bits per heavy atom. The first-order chi connectivity index (χ1) is 7.91. The Balaban J connectivity index is 4.66. The molecule has 106 valence electrons. The maximum absolute atomic E-state index is 11.5. The monoisotopic (exact) mass is 297 g/mol. The Morgan fingerprint density at radius 2 is 1.83 bits per heavy atom.